The first-order valence-corrected chi connectivity index (χ1v) is 9.79. The van der Waals surface area contributed by atoms with Gasteiger partial charge in [0.05, 0.1) is 6.04 Å². The smallest absolute Gasteiger partial charge is 0.251 e. The van der Waals surface area contributed by atoms with E-state index in [4.69, 9.17) is 0 Å². The first kappa shape index (κ1) is 17.7. The summed E-state index contributed by atoms with van der Waals surface area (Å²) in [4.78, 5) is 15.2. The van der Waals surface area contributed by atoms with Gasteiger partial charge in [0, 0.05) is 12.1 Å². The minimum atomic E-state index is -0.000524. The summed E-state index contributed by atoms with van der Waals surface area (Å²) < 4.78 is 0. The van der Waals surface area contributed by atoms with Crippen molar-refractivity contribution >= 4 is 16.7 Å². The van der Waals surface area contributed by atoms with Crippen LogP contribution >= 0.6 is 0 Å². The molecule has 1 amide bonds. The third-order valence-corrected chi connectivity index (χ3v) is 5.53. The molecule has 0 aliphatic carbocycles. The Kier molecular flexibility index (Phi) is 5.21. The number of nitrogens with one attached hydrogen (secondary N) is 1. The van der Waals surface area contributed by atoms with Crippen molar-refractivity contribution < 1.29 is 4.79 Å². The lowest BCUT2D eigenvalue weighted by Crippen LogP contribution is -2.36. The monoisotopic (exact) mass is 358 g/mol. The molecule has 1 N–H and O–H groups in total. The van der Waals surface area contributed by atoms with Crippen LogP contribution in [-0.4, -0.2) is 30.4 Å². The lowest BCUT2D eigenvalue weighted by molar-refractivity contribution is 0.0938. The number of hydrogen-bond acceptors (Lipinski definition) is 2. The summed E-state index contributed by atoms with van der Waals surface area (Å²) in [6, 6.07) is 23.0. The number of nitrogens with zero attached hydrogens (tertiary/aromatic N) is 1. The van der Waals surface area contributed by atoms with Crippen LogP contribution in [0.5, 0.6) is 0 Å². The highest BCUT2D eigenvalue weighted by molar-refractivity contribution is 5.94. The molecule has 4 rings (SSSR count). The second-order valence-corrected chi connectivity index (χ2v) is 7.40. The molecule has 0 bridgehead atoms. The minimum Gasteiger partial charge on any atom is -0.350 e. The molecule has 1 fully saturated rings. The Bertz CT molecular complexity index is 921. The third-order valence-electron chi connectivity index (χ3n) is 5.53. The highest BCUT2D eigenvalue weighted by Gasteiger charge is 2.25. The van der Waals surface area contributed by atoms with Crippen LogP contribution in [0, 0.1) is 6.92 Å². The predicted octanol–water partition coefficient (Wildman–Crippen LogP) is 4.72. The Morgan fingerprint density at radius 3 is 2.44 bits per heavy atom. The number of benzene rings is 3. The normalized spacial score (nSPS) is 15.7. The van der Waals surface area contributed by atoms with Gasteiger partial charge in [-0.05, 0) is 61.3 Å². The van der Waals surface area contributed by atoms with Crippen LogP contribution < -0.4 is 5.32 Å². The molecule has 1 atom stereocenters. The molecule has 0 spiro atoms. The number of rotatable bonds is 5. The molecule has 0 radical (unpaired) electrons. The Labute approximate surface area is 161 Å². The second kappa shape index (κ2) is 7.93. The summed E-state index contributed by atoms with van der Waals surface area (Å²) in [5.74, 6) is -0.000524. The summed E-state index contributed by atoms with van der Waals surface area (Å²) in [5.41, 5.74) is 3.19. The molecule has 3 heteroatoms. The second-order valence-electron chi connectivity index (χ2n) is 7.40. The average Bonchev–Trinajstić information content (AvgIpc) is 3.23. The third kappa shape index (κ3) is 3.88. The number of carbonyl (C=O) groups excluding carboxylic acids is 1. The van der Waals surface area contributed by atoms with Crippen molar-refractivity contribution in [3.05, 3.63) is 83.4 Å². The van der Waals surface area contributed by atoms with Crippen molar-refractivity contribution in [1.82, 2.24) is 10.2 Å². The van der Waals surface area contributed by atoms with Gasteiger partial charge in [-0.25, -0.2) is 0 Å². The summed E-state index contributed by atoms with van der Waals surface area (Å²) in [6.07, 6.45) is 2.46. The van der Waals surface area contributed by atoms with E-state index in [1.54, 1.807) is 0 Å². The van der Waals surface area contributed by atoms with Gasteiger partial charge in [0.25, 0.3) is 5.91 Å². The van der Waals surface area contributed by atoms with E-state index >= 15 is 0 Å². The van der Waals surface area contributed by atoms with Gasteiger partial charge < -0.3 is 5.32 Å². The predicted molar refractivity (Wildman–Crippen MR) is 111 cm³/mol. The van der Waals surface area contributed by atoms with Crippen molar-refractivity contribution in [2.24, 2.45) is 0 Å². The van der Waals surface area contributed by atoms with Gasteiger partial charge in [0.15, 0.2) is 0 Å². The quantitative estimate of drug-likeness (QED) is 0.716. The summed E-state index contributed by atoms with van der Waals surface area (Å²) >= 11 is 0. The number of hydrogen-bond donors (Lipinski definition) is 1. The lowest BCUT2D eigenvalue weighted by Gasteiger charge is -2.29. The summed E-state index contributed by atoms with van der Waals surface area (Å²) in [7, 11) is 0. The number of aryl methyl sites for hydroxylation is 1. The van der Waals surface area contributed by atoms with Crippen molar-refractivity contribution in [2.75, 3.05) is 19.6 Å². The van der Waals surface area contributed by atoms with Crippen molar-refractivity contribution in [3.63, 3.8) is 0 Å². The maximum Gasteiger partial charge on any atom is 0.251 e. The van der Waals surface area contributed by atoms with E-state index in [1.165, 1.54) is 29.2 Å². The van der Waals surface area contributed by atoms with Gasteiger partial charge in [0.1, 0.15) is 0 Å². The van der Waals surface area contributed by atoms with Crippen LogP contribution in [0.3, 0.4) is 0 Å². The fourth-order valence-electron chi connectivity index (χ4n) is 4.03. The molecule has 3 nitrogen and oxygen atoms in total. The van der Waals surface area contributed by atoms with Gasteiger partial charge in [0.2, 0.25) is 0 Å². The van der Waals surface area contributed by atoms with E-state index in [0.29, 0.717) is 6.54 Å². The largest absolute Gasteiger partial charge is 0.350 e. The van der Waals surface area contributed by atoms with E-state index in [2.05, 4.69) is 52.7 Å². The molecular weight excluding hydrogens is 332 g/mol. The van der Waals surface area contributed by atoms with E-state index in [0.717, 1.165) is 24.2 Å². The first-order valence-electron chi connectivity index (χ1n) is 9.79. The van der Waals surface area contributed by atoms with Crippen LogP contribution in [-0.2, 0) is 0 Å². The zero-order valence-electron chi connectivity index (χ0n) is 15.8. The first-order chi connectivity index (χ1) is 13.2. The SMILES string of the molecule is Cc1ccc(C(=O)NC[C@H](c2cccc3ccccc23)N2CCCC2)cc1. The Morgan fingerprint density at radius 1 is 0.963 bits per heavy atom. The van der Waals surface area contributed by atoms with Crippen LogP contribution in [0.4, 0.5) is 0 Å². The van der Waals surface area contributed by atoms with E-state index in [9.17, 15) is 4.79 Å². The van der Waals surface area contributed by atoms with Gasteiger partial charge in [-0.15, -0.1) is 0 Å². The van der Waals surface area contributed by atoms with Crippen LogP contribution in [0.2, 0.25) is 0 Å². The van der Waals surface area contributed by atoms with Gasteiger partial charge in [-0.1, -0.05) is 60.2 Å². The topological polar surface area (TPSA) is 32.3 Å². The molecular formula is C24H26N2O. The van der Waals surface area contributed by atoms with Crippen LogP contribution in [0.1, 0.15) is 40.4 Å². The van der Waals surface area contributed by atoms with E-state index < -0.39 is 0 Å². The molecule has 3 aromatic carbocycles. The molecule has 1 heterocycles. The summed E-state index contributed by atoms with van der Waals surface area (Å²) in [6.45, 7) is 4.84. The maximum absolute atomic E-state index is 12.6. The van der Waals surface area contributed by atoms with Gasteiger partial charge >= 0.3 is 0 Å². The van der Waals surface area contributed by atoms with Crippen molar-refractivity contribution in [3.8, 4) is 0 Å². The lowest BCUT2D eigenvalue weighted by atomic mass is 9.97. The van der Waals surface area contributed by atoms with Gasteiger partial charge in [-0.3, -0.25) is 9.69 Å². The Hall–Kier alpha value is -2.65. The van der Waals surface area contributed by atoms with E-state index in [-0.39, 0.29) is 11.9 Å². The molecule has 0 unspecified atom stereocenters. The zero-order chi connectivity index (χ0) is 18.6. The van der Waals surface area contributed by atoms with Crippen molar-refractivity contribution in [2.45, 2.75) is 25.8 Å². The Morgan fingerprint density at radius 2 is 1.67 bits per heavy atom. The molecule has 1 saturated heterocycles. The van der Waals surface area contributed by atoms with Crippen LogP contribution in [0.15, 0.2) is 66.7 Å². The molecule has 0 saturated carbocycles. The molecule has 138 valence electrons. The zero-order valence-corrected chi connectivity index (χ0v) is 15.8. The molecule has 1 aliphatic rings. The molecule has 1 aliphatic heterocycles. The average molecular weight is 358 g/mol. The number of fused-ring (bicyclic) bond motifs is 1. The van der Waals surface area contributed by atoms with E-state index in [1.807, 2.05) is 31.2 Å². The van der Waals surface area contributed by atoms with Crippen molar-refractivity contribution in [1.29, 1.82) is 0 Å². The number of amides is 1. The highest BCUT2D eigenvalue weighted by Crippen LogP contribution is 2.30. The fraction of sp³-hybridized carbons (Fsp3) is 0.292. The van der Waals surface area contributed by atoms with Crippen LogP contribution in [0.25, 0.3) is 10.8 Å². The minimum absolute atomic E-state index is 0.000524. The Balaban J connectivity index is 1.59. The highest BCUT2D eigenvalue weighted by atomic mass is 16.1. The van der Waals surface area contributed by atoms with Gasteiger partial charge in [-0.2, -0.15) is 0 Å². The number of likely N-dealkylation sites (tertiary alicyclic amines) is 1. The molecule has 0 aromatic heterocycles. The summed E-state index contributed by atoms with van der Waals surface area (Å²) in [5, 5.41) is 5.71. The molecule has 27 heavy (non-hydrogen) atoms. The fourth-order valence-corrected chi connectivity index (χ4v) is 4.03. The maximum atomic E-state index is 12.6. The standard InChI is InChI=1S/C24H26N2O/c1-18-11-13-20(14-12-18)24(27)25-17-23(26-15-4-5-16-26)22-10-6-8-19-7-2-3-9-21(19)22/h2-3,6-14,23H,4-5,15-17H2,1H3,(H,25,27)/t23-/m1/s1. The molecule has 3 aromatic rings. The number of carbonyl (C=O) groups is 1.